The molecule has 1 aliphatic heterocycles. The molecule has 0 aliphatic carbocycles. The maximum absolute atomic E-state index is 12.4. The number of hydrogen-bond acceptors (Lipinski definition) is 4. The number of nitrogens with zero attached hydrogens (tertiary/aromatic N) is 1. The molecular weight excluding hydrogens is 290 g/mol. The number of aryl methyl sites for hydroxylation is 1. The second kappa shape index (κ2) is 6.03. The van der Waals surface area contributed by atoms with Gasteiger partial charge in [-0.05, 0) is 38.0 Å². The van der Waals surface area contributed by atoms with Crippen LogP contribution in [0.3, 0.4) is 0 Å². The van der Waals surface area contributed by atoms with Crippen LogP contribution >= 0.6 is 0 Å². The summed E-state index contributed by atoms with van der Waals surface area (Å²) >= 11 is 0. The van der Waals surface area contributed by atoms with Crippen LogP contribution in [0, 0.1) is 6.92 Å². The van der Waals surface area contributed by atoms with Crippen molar-refractivity contribution in [1.82, 2.24) is 9.62 Å². The molecule has 0 aromatic heterocycles. The van der Waals surface area contributed by atoms with Crippen LogP contribution in [-0.4, -0.2) is 38.4 Å². The third-order valence-electron chi connectivity index (χ3n) is 3.52. The summed E-state index contributed by atoms with van der Waals surface area (Å²) in [6.45, 7) is 4.56. The Morgan fingerprint density at radius 1 is 1.43 bits per heavy atom. The van der Waals surface area contributed by atoms with E-state index in [1.807, 2.05) is 0 Å². The number of amides is 1. The first-order valence-corrected chi connectivity index (χ1v) is 8.44. The number of nitrogen functional groups attached to an aromatic ring is 1. The Morgan fingerprint density at radius 3 is 2.76 bits per heavy atom. The Labute approximate surface area is 125 Å². The van der Waals surface area contributed by atoms with Gasteiger partial charge in [0, 0.05) is 31.2 Å². The molecule has 1 saturated heterocycles. The molecule has 0 bridgehead atoms. The number of carbonyl (C=O) groups is 1. The zero-order valence-electron chi connectivity index (χ0n) is 12.3. The summed E-state index contributed by atoms with van der Waals surface area (Å²) in [5, 5.41) is 0. The van der Waals surface area contributed by atoms with E-state index >= 15 is 0 Å². The van der Waals surface area contributed by atoms with Gasteiger partial charge in [0.2, 0.25) is 15.9 Å². The van der Waals surface area contributed by atoms with Gasteiger partial charge in [-0.25, -0.2) is 13.1 Å². The minimum absolute atomic E-state index is 0.0844. The summed E-state index contributed by atoms with van der Waals surface area (Å²) < 4.78 is 27.4. The molecule has 1 heterocycles. The summed E-state index contributed by atoms with van der Waals surface area (Å²) in [6, 6.07) is 4.45. The van der Waals surface area contributed by atoms with Crippen LogP contribution in [0.1, 0.15) is 25.3 Å². The highest BCUT2D eigenvalue weighted by Gasteiger charge is 2.25. The normalized spacial score (nSPS) is 17.2. The Bertz CT molecular complexity index is 643. The van der Waals surface area contributed by atoms with E-state index in [2.05, 4.69) is 4.72 Å². The topological polar surface area (TPSA) is 92.5 Å². The molecule has 7 heteroatoms. The van der Waals surface area contributed by atoms with Gasteiger partial charge in [-0.1, -0.05) is 6.07 Å². The molecule has 1 aliphatic rings. The summed E-state index contributed by atoms with van der Waals surface area (Å²) in [5.74, 6) is 0.0844. The molecular formula is C14H21N3O3S. The molecule has 21 heavy (non-hydrogen) atoms. The fourth-order valence-corrected chi connectivity index (χ4v) is 4.01. The lowest BCUT2D eigenvalue weighted by atomic mass is 10.2. The third kappa shape index (κ3) is 3.74. The van der Waals surface area contributed by atoms with Crippen LogP contribution in [0.2, 0.25) is 0 Å². The number of nitrogens with one attached hydrogen (secondary N) is 1. The van der Waals surface area contributed by atoms with Crippen molar-refractivity contribution in [3.8, 4) is 0 Å². The molecule has 1 amide bonds. The maximum atomic E-state index is 12.4. The standard InChI is InChI=1S/C14H21N3O3S/c1-10-5-6-12(15)8-13(10)21(19,20)16-11(2)9-17-7-3-4-14(17)18/h5-6,8,11,16H,3-4,7,9,15H2,1-2H3. The van der Waals surface area contributed by atoms with Crippen molar-refractivity contribution >= 4 is 21.6 Å². The lowest BCUT2D eigenvalue weighted by Gasteiger charge is -2.22. The maximum Gasteiger partial charge on any atom is 0.241 e. The Balaban J connectivity index is 2.09. The van der Waals surface area contributed by atoms with Crippen molar-refractivity contribution in [2.45, 2.75) is 37.6 Å². The van der Waals surface area contributed by atoms with Crippen LogP contribution in [0.4, 0.5) is 5.69 Å². The predicted molar refractivity (Wildman–Crippen MR) is 81.2 cm³/mol. The Morgan fingerprint density at radius 2 is 2.14 bits per heavy atom. The SMILES string of the molecule is Cc1ccc(N)cc1S(=O)(=O)NC(C)CN1CCCC1=O. The second-order valence-corrected chi connectivity index (χ2v) is 7.17. The van der Waals surface area contributed by atoms with E-state index in [0.717, 1.165) is 6.42 Å². The Kier molecular flexibility index (Phi) is 4.53. The molecule has 116 valence electrons. The van der Waals surface area contributed by atoms with E-state index in [4.69, 9.17) is 5.73 Å². The average molecular weight is 311 g/mol. The summed E-state index contributed by atoms with van der Waals surface area (Å²) in [4.78, 5) is 13.5. The number of nitrogens with two attached hydrogens (primary N) is 1. The number of sulfonamides is 1. The minimum atomic E-state index is -3.64. The molecule has 1 fully saturated rings. The molecule has 0 spiro atoms. The zero-order chi connectivity index (χ0) is 15.6. The molecule has 0 radical (unpaired) electrons. The van der Waals surface area contributed by atoms with Crippen molar-refractivity contribution in [1.29, 1.82) is 0 Å². The van der Waals surface area contributed by atoms with E-state index < -0.39 is 10.0 Å². The first kappa shape index (κ1) is 15.8. The molecule has 1 aromatic carbocycles. The van der Waals surface area contributed by atoms with Gasteiger partial charge >= 0.3 is 0 Å². The number of benzene rings is 1. The van der Waals surface area contributed by atoms with E-state index in [1.165, 1.54) is 6.07 Å². The van der Waals surface area contributed by atoms with Gasteiger partial charge in [0.15, 0.2) is 0 Å². The second-order valence-electron chi connectivity index (χ2n) is 5.49. The first-order valence-electron chi connectivity index (χ1n) is 6.96. The Hall–Kier alpha value is -1.60. The zero-order valence-corrected chi connectivity index (χ0v) is 13.1. The van der Waals surface area contributed by atoms with Crippen LogP contribution in [0.5, 0.6) is 0 Å². The van der Waals surface area contributed by atoms with Crippen molar-refractivity contribution in [3.05, 3.63) is 23.8 Å². The lowest BCUT2D eigenvalue weighted by molar-refractivity contribution is -0.127. The van der Waals surface area contributed by atoms with Gasteiger partial charge in [-0.15, -0.1) is 0 Å². The average Bonchev–Trinajstić information content (AvgIpc) is 2.77. The van der Waals surface area contributed by atoms with Crippen molar-refractivity contribution in [2.24, 2.45) is 0 Å². The highest BCUT2D eigenvalue weighted by atomic mass is 32.2. The number of carbonyl (C=O) groups excluding carboxylic acids is 1. The summed E-state index contributed by atoms with van der Waals surface area (Å²) in [6.07, 6.45) is 1.39. The number of hydrogen-bond donors (Lipinski definition) is 2. The highest BCUT2D eigenvalue weighted by Crippen LogP contribution is 2.19. The molecule has 1 aromatic rings. The van der Waals surface area contributed by atoms with Gasteiger partial charge in [0.25, 0.3) is 0 Å². The third-order valence-corrected chi connectivity index (χ3v) is 5.26. The number of rotatable bonds is 5. The van der Waals surface area contributed by atoms with E-state index in [1.54, 1.807) is 30.9 Å². The van der Waals surface area contributed by atoms with Crippen LogP contribution < -0.4 is 10.5 Å². The molecule has 2 rings (SSSR count). The largest absolute Gasteiger partial charge is 0.399 e. The van der Waals surface area contributed by atoms with E-state index in [0.29, 0.717) is 30.8 Å². The molecule has 6 nitrogen and oxygen atoms in total. The first-order chi connectivity index (χ1) is 9.79. The smallest absolute Gasteiger partial charge is 0.241 e. The van der Waals surface area contributed by atoms with Gasteiger partial charge in [-0.2, -0.15) is 0 Å². The van der Waals surface area contributed by atoms with Gasteiger partial charge < -0.3 is 10.6 Å². The van der Waals surface area contributed by atoms with Crippen molar-refractivity contribution in [3.63, 3.8) is 0 Å². The number of likely N-dealkylation sites (tertiary alicyclic amines) is 1. The van der Waals surface area contributed by atoms with Gasteiger partial charge in [0.05, 0.1) is 4.90 Å². The van der Waals surface area contributed by atoms with Crippen molar-refractivity contribution < 1.29 is 13.2 Å². The fourth-order valence-electron chi connectivity index (χ4n) is 2.50. The minimum Gasteiger partial charge on any atom is -0.399 e. The molecule has 1 unspecified atom stereocenters. The predicted octanol–water partition coefficient (Wildman–Crippen LogP) is 0.866. The van der Waals surface area contributed by atoms with E-state index in [9.17, 15) is 13.2 Å². The lowest BCUT2D eigenvalue weighted by Crippen LogP contribution is -2.42. The molecule has 3 N–H and O–H groups in total. The molecule has 0 saturated carbocycles. The van der Waals surface area contributed by atoms with Crippen LogP contribution in [0.25, 0.3) is 0 Å². The quantitative estimate of drug-likeness (QED) is 0.789. The van der Waals surface area contributed by atoms with Gasteiger partial charge in [0.1, 0.15) is 0 Å². The van der Waals surface area contributed by atoms with Gasteiger partial charge in [-0.3, -0.25) is 4.79 Å². The van der Waals surface area contributed by atoms with Crippen LogP contribution in [-0.2, 0) is 14.8 Å². The highest BCUT2D eigenvalue weighted by molar-refractivity contribution is 7.89. The summed E-state index contributed by atoms with van der Waals surface area (Å²) in [5.41, 5.74) is 6.71. The summed E-state index contributed by atoms with van der Waals surface area (Å²) in [7, 11) is -3.64. The van der Waals surface area contributed by atoms with Crippen molar-refractivity contribution in [2.75, 3.05) is 18.8 Å². The molecule has 1 atom stereocenters. The van der Waals surface area contributed by atoms with Crippen LogP contribution in [0.15, 0.2) is 23.1 Å². The van der Waals surface area contributed by atoms with E-state index in [-0.39, 0.29) is 16.8 Å². The fraction of sp³-hybridized carbons (Fsp3) is 0.500. The monoisotopic (exact) mass is 311 g/mol. The number of anilines is 1.